The van der Waals surface area contributed by atoms with Gasteiger partial charge in [0.1, 0.15) is 0 Å². The second kappa shape index (κ2) is 16.8. The van der Waals surface area contributed by atoms with Gasteiger partial charge in [0, 0.05) is 13.0 Å². The van der Waals surface area contributed by atoms with Crippen LogP contribution in [0.2, 0.25) is 0 Å². The molecule has 0 aromatic rings. The molecule has 3 nitrogen and oxygen atoms in total. The summed E-state index contributed by atoms with van der Waals surface area (Å²) < 4.78 is 0. The fourth-order valence-electron chi connectivity index (χ4n) is 2.94. The van der Waals surface area contributed by atoms with E-state index in [1.54, 1.807) is 0 Å². The van der Waals surface area contributed by atoms with E-state index in [4.69, 9.17) is 10.2 Å². The van der Waals surface area contributed by atoms with E-state index in [1.807, 2.05) is 0 Å². The Balaban J connectivity index is 3.11. The molecule has 0 spiro atoms. The van der Waals surface area contributed by atoms with E-state index in [-0.39, 0.29) is 0 Å². The van der Waals surface area contributed by atoms with Crippen molar-refractivity contribution < 1.29 is 15.0 Å². The molecule has 0 aliphatic carbocycles. The first kappa shape index (κ1) is 21.4. The van der Waals surface area contributed by atoms with Crippen LogP contribution in [0.1, 0.15) is 103 Å². The molecule has 22 heavy (non-hydrogen) atoms. The fraction of sp³-hybridized carbons (Fsp3) is 0.947. The largest absolute Gasteiger partial charge is 0.481 e. The molecule has 2 N–H and O–H groups in total. The van der Waals surface area contributed by atoms with Crippen LogP contribution in [0.15, 0.2) is 0 Å². The fourth-order valence-corrected chi connectivity index (χ4v) is 2.94. The first-order chi connectivity index (χ1) is 10.7. The molecular weight excluding hydrogens is 276 g/mol. The summed E-state index contributed by atoms with van der Waals surface area (Å²) >= 11 is 0. The zero-order chi connectivity index (χ0) is 16.5. The van der Waals surface area contributed by atoms with Crippen molar-refractivity contribution >= 4 is 5.97 Å². The van der Waals surface area contributed by atoms with Gasteiger partial charge < -0.3 is 10.2 Å². The van der Waals surface area contributed by atoms with E-state index in [0.29, 0.717) is 18.9 Å². The maximum Gasteiger partial charge on any atom is 0.303 e. The molecule has 0 heterocycles. The van der Waals surface area contributed by atoms with Gasteiger partial charge in [-0.3, -0.25) is 4.79 Å². The van der Waals surface area contributed by atoms with Crippen LogP contribution in [0.4, 0.5) is 0 Å². The molecule has 1 atom stereocenters. The SMILES string of the molecule is CC(CCCCCCCCCCCCCO)CCCC(=O)O. The number of carboxylic acids is 1. The van der Waals surface area contributed by atoms with Crippen molar-refractivity contribution in [3.8, 4) is 0 Å². The summed E-state index contributed by atoms with van der Waals surface area (Å²) in [7, 11) is 0. The normalized spacial score (nSPS) is 12.5. The standard InChI is InChI=1S/C19H38O3/c1-18(15-13-16-19(21)22)14-11-9-7-5-3-2-4-6-8-10-12-17-20/h18,20H,2-17H2,1H3,(H,21,22). The number of aliphatic carboxylic acids is 1. The molecule has 0 radical (unpaired) electrons. The Morgan fingerprint density at radius 3 is 1.59 bits per heavy atom. The van der Waals surface area contributed by atoms with Crippen molar-refractivity contribution in [2.45, 2.75) is 103 Å². The zero-order valence-electron chi connectivity index (χ0n) is 14.7. The van der Waals surface area contributed by atoms with Crippen molar-refractivity contribution in [1.82, 2.24) is 0 Å². The number of carboxylic acid groups (broad SMARTS) is 1. The molecule has 0 saturated carbocycles. The lowest BCUT2D eigenvalue weighted by Gasteiger charge is -2.10. The van der Waals surface area contributed by atoms with Gasteiger partial charge in [-0.1, -0.05) is 84.0 Å². The molecule has 0 aromatic heterocycles. The first-order valence-corrected chi connectivity index (χ1v) is 9.49. The van der Waals surface area contributed by atoms with Crippen molar-refractivity contribution in [3.63, 3.8) is 0 Å². The van der Waals surface area contributed by atoms with E-state index in [2.05, 4.69) is 6.92 Å². The molecule has 3 heteroatoms. The summed E-state index contributed by atoms with van der Waals surface area (Å²) in [6.07, 6.45) is 17.7. The second-order valence-corrected chi connectivity index (χ2v) is 6.79. The molecule has 0 aliphatic heterocycles. The lowest BCUT2D eigenvalue weighted by molar-refractivity contribution is -0.137. The predicted molar refractivity (Wildman–Crippen MR) is 93.1 cm³/mol. The van der Waals surface area contributed by atoms with E-state index in [1.165, 1.54) is 70.6 Å². The van der Waals surface area contributed by atoms with E-state index >= 15 is 0 Å². The van der Waals surface area contributed by atoms with Gasteiger partial charge in [0.2, 0.25) is 0 Å². The number of hydrogen-bond acceptors (Lipinski definition) is 2. The highest BCUT2D eigenvalue weighted by Crippen LogP contribution is 2.17. The monoisotopic (exact) mass is 314 g/mol. The van der Waals surface area contributed by atoms with Gasteiger partial charge in [-0.25, -0.2) is 0 Å². The van der Waals surface area contributed by atoms with Crippen LogP contribution in [-0.2, 0) is 4.79 Å². The molecule has 0 rings (SSSR count). The number of hydrogen-bond donors (Lipinski definition) is 2. The summed E-state index contributed by atoms with van der Waals surface area (Å²) in [6.45, 7) is 2.59. The van der Waals surface area contributed by atoms with Crippen molar-refractivity contribution in [2.24, 2.45) is 5.92 Å². The van der Waals surface area contributed by atoms with Gasteiger partial charge in [-0.05, 0) is 18.8 Å². The molecule has 0 saturated heterocycles. The summed E-state index contributed by atoms with van der Waals surface area (Å²) in [5, 5.41) is 17.3. The highest BCUT2D eigenvalue weighted by atomic mass is 16.4. The van der Waals surface area contributed by atoms with Crippen LogP contribution in [0, 0.1) is 5.92 Å². The lowest BCUT2D eigenvalue weighted by Crippen LogP contribution is -1.99. The van der Waals surface area contributed by atoms with Crippen molar-refractivity contribution in [3.05, 3.63) is 0 Å². The van der Waals surface area contributed by atoms with Crippen LogP contribution >= 0.6 is 0 Å². The first-order valence-electron chi connectivity index (χ1n) is 9.49. The minimum atomic E-state index is -0.666. The average Bonchev–Trinajstić information content (AvgIpc) is 2.48. The minimum Gasteiger partial charge on any atom is -0.481 e. The third-order valence-electron chi connectivity index (χ3n) is 4.44. The maximum atomic E-state index is 10.4. The highest BCUT2D eigenvalue weighted by Gasteiger charge is 2.04. The molecule has 132 valence electrons. The van der Waals surface area contributed by atoms with E-state index in [9.17, 15) is 4.79 Å². The van der Waals surface area contributed by atoms with Gasteiger partial charge in [0.15, 0.2) is 0 Å². The molecule has 1 unspecified atom stereocenters. The van der Waals surface area contributed by atoms with Gasteiger partial charge in [0.25, 0.3) is 0 Å². The Kier molecular flexibility index (Phi) is 16.4. The molecule has 0 aliphatic rings. The molecule has 0 amide bonds. The predicted octanol–water partition coefficient (Wildman–Crippen LogP) is 5.55. The Bertz CT molecular complexity index is 241. The van der Waals surface area contributed by atoms with Crippen molar-refractivity contribution in [2.75, 3.05) is 6.61 Å². The third-order valence-corrected chi connectivity index (χ3v) is 4.44. The van der Waals surface area contributed by atoms with E-state index in [0.717, 1.165) is 19.3 Å². The number of aliphatic hydroxyl groups excluding tert-OH is 1. The topological polar surface area (TPSA) is 57.5 Å². The summed E-state index contributed by atoms with van der Waals surface area (Å²) in [5.74, 6) is 0.0128. The van der Waals surface area contributed by atoms with Crippen LogP contribution < -0.4 is 0 Å². The Hall–Kier alpha value is -0.570. The second-order valence-electron chi connectivity index (χ2n) is 6.79. The smallest absolute Gasteiger partial charge is 0.303 e. The van der Waals surface area contributed by atoms with Gasteiger partial charge in [0.05, 0.1) is 0 Å². The van der Waals surface area contributed by atoms with Gasteiger partial charge in [-0.15, -0.1) is 0 Å². The number of unbranched alkanes of at least 4 members (excludes halogenated alkanes) is 10. The average molecular weight is 315 g/mol. The Labute approximate surface area is 137 Å². The molecule has 0 bridgehead atoms. The number of rotatable bonds is 17. The maximum absolute atomic E-state index is 10.4. The quantitative estimate of drug-likeness (QED) is 0.346. The summed E-state index contributed by atoms with van der Waals surface area (Å²) in [6, 6.07) is 0. The zero-order valence-corrected chi connectivity index (χ0v) is 14.7. The minimum absolute atomic E-state index is 0.324. The number of carbonyl (C=O) groups is 1. The van der Waals surface area contributed by atoms with Gasteiger partial charge >= 0.3 is 5.97 Å². The molecule has 0 aromatic carbocycles. The highest BCUT2D eigenvalue weighted by molar-refractivity contribution is 5.66. The summed E-state index contributed by atoms with van der Waals surface area (Å²) in [5.41, 5.74) is 0. The van der Waals surface area contributed by atoms with Crippen LogP contribution in [0.25, 0.3) is 0 Å². The van der Waals surface area contributed by atoms with Crippen molar-refractivity contribution in [1.29, 1.82) is 0 Å². The Morgan fingerprint density at radius 2 is 1.14 bits per heavy atom. The number of aliphatic hydroxyl groups is 1. The van der Waals surface area contributed by atoms with Crippen LogP contribution in [0.3, 0.4) is 0 Å². The Morgan fingerprint density at radius 1 is 0.727 bits per heavy atom. The van der Waals surface area contributed by atoms with E-state index < -0.39 is 5.97 Å². The molecule has 0 fully saturated rings. The third kappa shape index (κ3) is 17.5. The van der Waals surface area contributed by atoms with Gasteiger partial charge in [-0.2, -0.15) is 0 Å². The van der Waals surface area contributed by atoms with Crippen LogP contribution in [0.5, 0.6) is 0 Å². The van der Waals surface area contributed by atoms with Crippen LogP contribution in [-0.4, -0.2) is 22.8 Å². The molecular formula is C19H38O3. The summed E-state index contributed by atoms with van der Waals surface area (Å²) in [4.78, 5) is 10.4. The lowest BCUT2D eigenvalue weighted by atomic mass is 9.96.